The summed E-state index contributed by atoms with van der Waals surface area (Å²) < 4.78 is 0.730. The number of carbonyl (C=O) groups excluding carboxylic acids is 1. The number of hydrogen-bond donors (Lipinski definition) is 2. The van der Waals surface area contributed by atoms with Crippen LogP contribution >= 0.6 is 27.5 Å². The Morgan fingerprint density at radius 1 is 1.42 bits per heavy atom. The second-order valence-corrected chi connectivity index (χ2v) is 5.94. The summed E-state index contributed by atoms with van der Waals surface area (Å²) in [5.41, 5.74) is 0.261. The Hall–Kier alpha value is -0.740. The van der Waals surface area contributed by atoms with Crippen molar-refractivity contribution in [1.29, 1.82) is 0 Å². The topological polar surface area (TPSA) is 49.3 Å². The van der Waals surface area contributed by atoms with Crippen LogP contribution in [0.25, 0.3) is 0 Å². The minimum atomic E-state index is -0.304. The van der Waals surface area contributed by atoms with E-state index in [-0.39, 0.29) is 22.6 Å². The first kappa shape index (κ1) is 16.3. The molecule has 0 fully saturated rings. The van der Waals surface area contributed by atoms with Crippen molar-refractivity contribution in [2.24, 2.45) is 5.92 Å². The van der Waals surface area contributed by atoms with E-state index in [4.69, 9.17) is 11.6 Å². The minimum Gasteiger partial charge on any atom is -0.507 e. The third-order valence-electron chi connectivity index (χ3n) is 3.22. The lowest BCUT2D eigenvalue weighted by Crippen LogP contribution is -2.33. The zero-order valence-corrected chi connectivity index (χ0v) is 13.5. The largest absolute Gasteiger partial charge is 0.507 e. The molecule has 0 aliphatic rings. The number of rotatable bonds is 6. The van der Waals surface area contributed by atoms with Gasteiger partial charge in [-0.25, -0.2) is 0 Å². The fraction of sp³-hybridized carbons (Fsp3) is 0.500. The molecule has 0 radical (unpaired) electrons. The van der Waals surface area contributed by atoms with Gasteiger partial charge in [-0.1, -0.05) is 42.6 Å². The molecule has 1 rings (SSSR count). The van der Waals surface area contributed by atoms with Gasteiger partial charge in [0.15, 0.2) is 0 Å². The number of amides is 1. The summed E-state index contributed by atoms with van der Waals surface area (Å²) >= 11 is 9.49. The summed E-state index contributed by atoms with van der Waals surface area (Å²) in [6.45, 7) is 4.58. The molecule has 1 amide bonds. The fourth-order valence-electron chi connectivity index (χ4n) is 1.95. The highest BCUT2D eigenvalue weighted by atomic mass is 79.9. The summed E-state index contributed by atoms with van der Waals surface area (Å²) in [5.74, 6) is 0.0441. The molecule has 0 saturated carbocycles. The number of carbonyl (C=O) groups is 1. The van der Waals surface area contributed by atoms with E-state index < -0.39 is 0 Å². The molecule has 1 aromatic carbocycles. The second kappa shape index (κ2) is 7.75. The Morgan fingerprint density at radius 3 is 2.58 bits per heavy atom. The molecule has 0 aromatic heterocycles. The van der Waals surface area contributed by atoms with Crippen molar-refractivity contribution in [2.75, 3.05) is 6.54 Å². The quantitative estimate of drug-likeness (QED) is 0.765. The third-order valence-corrected chi connectivity index (χ3v) is 4.23. The molecular weight excluding hydrogens is 330 g/mol. The van der Waals surface area contributed by atoms with E-state index in [9.17, 15) is 9.90 Å². The summed E-state index contributed by atoms with van der Waals surface area (Å²) in [7, 11) is 0. The zero-order valence-electron chi connectivity index (χ0n) is 11.1. The molecule has 0 bridgehead atoms. The van der Waals surface area contributed by atoms with Gasteiger partial charge >= 0.3 is 0 Å². The molecule has 106 valence electrons. The molecule has 0 spiro atoms. The molecule has 1 atom stereocenters. The van der Waals surface area contributed by atoms with Crippen molar-refractivity contribution in [3.63, 3.8) is 0 Å². The summed E-state index contributed by atoms with van der Waals surface area (Å²) in [4.78, 5) is 11.9. The van der Waals surface area contributed by atoms with Gasteiger partial charge in [0.1, 0.15) is 5.75 Å². The molecule has 1 aromatic rings. The Kier molecular flexibility index (Phi) is 6.66. The first-order valence-electron chi connectivity index (χ1n) is 6.40. The SMILES string of the molecule is CCC(CC)C(Cl)CNC(=O)c1ccc(Br)cc1O. The molecule has 0 aliphatic heterocycles. The van der Waals surface area contributed by atoms with E-state index in [1.807, 2.05) is 0 Å². The third kappa shape index (κ3) is 4.69. The first-order valence-corrected chi connectivity index (χ1v) is 7.63. The number of phenols is 1. The maximum atomic E-state index is 11.9. The van der Waals surface area contributed by atoms with Crippen LogP contribution in [0.3, 0.4) is 0 Å². The normalized spacial score (nSPS) is 12.5. The van der Waals surface area contributed by atoms with E-state index >= 15 is 0 Å². The van der Waals surface area contributed by atoms with Crippen LogP contribution in [0.2, 0.25) is 0 Å². The average Bonchev–Trinajstić information content (AvgIpc) is 2.37. The number of alkyl halides is 1. The van der Waals surface area contributed by atoms with Gasteiger partial charge in [0.25, 0.3) is 5.91 Å². The monoisotopic (exact) mass is 347 g/mol. The van der Waals surface area contributed by atoms with Crippen LogP contribution in [0.5, 0.6) is 5.75 Å². The zero-order chi connectivity index (χ0) is 14.4. The maximum Gasteiger partial charge on any atom is 0.255 e. The molecule has 0 saturated heterocycles. The molecule has 2 N–H and O–H groups in total. The van der Waals surface area contributed by atoms with Gasteiger partial charge in [-0.3, -0.25) is 4.79 Å². The van der Waals surface area contributed by atoms with Crippen LogP contribution in [-0.2, 0) is 0 Å². The van der Waals surface area contributed by atoms with E-state index in [2.05, 4.69) is 35.1 Å². The Labute approximate surface area is 127 Å². The van der Waals surface area contributed by atoms with Crippen LogP contribution in [0.15, 0.2) is 22.7 Å². The fourth-order valence-corrected chi connectivity index (χ4v) is 2.73. The Morgan fingerprint density at radius 2 is 2.05 bits per heavy atom. The lowest BCUT2D eigenvalue weighted by Gasteiger charge is -2.19. The Bertz CT molecular complexity index is 435. The van der Waals surface area contributed by atoms with Crippen LogP contribution in [0, 0.1) is 5.92 Å². The molecule has 5 heteroatoms. The van der Waals surface area contributed by atoms with Gasteiger partial charge in [0.2, 0.25) is 0 Å². The number of nitrogens with one attached hydrogen (secondary N) is 1. The summed E-state index contributed by atoms with van der Waals surface area (Å²) in [6.07, 6.45) is 1.98. The standard InChI is InChI=1S/C14H19BrClNO2/c1-3-9(4-2)12(16)8-17-14(19)11-6-5-10(15)7-13(11)18/h5-7,9,12,18H,3-4,8H2,1-2H3,(H,17,19). The van der Waals surface area contributed by atoms with Gasteiger partial charge in [-0.05, 0) is 24.1 Å². The first-order chi connectivity index (χ1) is 8.99. The smallest absolute Gasteiger partial charge is 0.255 e. The van der Waals surface area contributed by atoms with E-state index in [0.29, 0.717) is 12.5 Å². The highest BCUT2D eigenvalue weighted by molar-refractivity contribution is 9.10. The number of hydrogen-bond acceptors (Lipinski definition) is 2. The Balaban J connectivity index is 2.60. The van der Waals surface area contributed by atoms with Crippen molar-refractivity contribution in [3.05, 3.63) is 28.2 Å². The van der Waals surface area contributed by atoms with Crippen molar-refractivity contribution >= 4 is 33.4 Å². The number of benzene rings is 1. The van der Waals surface area contributed by atoms with Gasteiger partial charge in [0.05, 0.1) is 10.9 Å². The van der Waals surface area contributed by atoms with Crippen molar-refractivity contribution in [3.8, 4) is 5.75 Å². The lowest BCUT2D eigenvalue weighted by molar-refractivity contribution is 0.0949. The number of halogens is 2. The van der Waals surface area contributed by atoms with Gasteiger partial charge in [0, 0.05) is 11.0 Å². The molecular formula is C14H19BrClNO2. The molecule has 0 heterocycles. The van der Waals surface area contributed by atoms with Crippen molar-refractivity contribution < 1.29 is 9.90 Å². The van der Waals surface area contributed by atoms with E-state index in [1.54, 1.807) is 12.1 Å². The second-order valence-electron chi connectivity index (χ2n) is 4.46. The highest BCUT2D eigenvalue weighted by Crippen LogP contribution is 2.22. The van der Waals surface area contributed by atoms with Crippen LogP contribution in [0.4, 0.5) is 0 Å². The van der Waals surface area contributed by atoms with Gasteiger partial charge < -0.3 is 10.4 Å². The molecule has 0 aliphatic carbocycles. The van der Waals surface area contributed by atoms with Crippen molar-refractivity contribution in [2.45, 2.75) is 32.1 Å². The van der Waals surface area contributed by atoms with Crippen molar-refractivity contribution in [1.82, 2.24) is 5.32 Å². The highest BCUT2D eigenvalue weighted by Gasteiger charge is 2.18. The molecule has 3 nitrogen and oxygen atoms in total. The van der Waals surface area contributed by atoms with Crippen LogP contribution < -0.4 is 5.32 Å². The molecule has 1 unspecified atom stereocenters. The number of phenolic OH excluding ortho intramolecular Hbond substituents is 1. The maximum absolute atomic E-state index is 11.9. The molecule has 19 heavy (non-hydrogen) atoms. The van der Waals surface area contributed by atoms with Crippen LogP contribution in [0.1, 0.15) is 37.0 Å². The minimum absolute atomic E-state index is 0.0412. The van der Waals surface area contributed by atoms with Gasteiger partial charge in [-0.15, -0.1) is 11.6 Å². The predicted molar refractivity (Wildman–Crippen MR) is 81.9 cm³/mol. The van der Waals surface area contributed by atoms with E-state index in [0.717, 1.165) is 17.3 Å². The summed E-state index contributed by atoms with van der Waals surface area (Å²) in [6, 6.07) is 4.79. The predicted octanol–water partition coefficient (Wildman–Crippen LogP) is 3.93. The van der Waals surface area contributed by atoms with Crippen LogP contribution in [-0.4, -0.2) is 22.9 Å². The number of aromatic hydroxyl groups is 1. The van der Waals surface area contributed by atoms with Gasteiger partial charge in [-0.2, -0.15) is 0 Å². The van der Waals surface area contributed by atoms with E-state index in [1.165, 1.54) is 6.07 Å². The average molecular weight is 349 g/mol. The summed E-state index contributed by atoms with van der Waals surface area (Å²) in [5, 5.41) is 12.4. The lowest BCUT2D eigenvalue weighted by atomic mass is 9.99.